The Bertz CT molecular complexity index is 595. The highest BCUT2D eigenvalue weighted by molar-refractivity contribution is 6.16. The van der Waals surface area contributed by atoms with E-state index in [9.17, 15) is 4.79 Å². The Morgan fingerprint density at radius 2 is 2.19 bits per heavy atom. The van der Waals surface area contributed by atoms with Gasteiger partial charge in [0.25, 0.3) is 0 Å². The van der Waals surface area contributed by atoms with Crippen molar-refractivity contribution in [1.82, 2.24) is 0 Å². The number of hydrogen-bond acceptors (Lipinski definition) is 4. The van der Waals surface area contributed by atoms with Crippen LogP contribution in [0.25, 0.3) is 0 Å². The van der Waals surface area contributed by atoms with E-state index in [0.29, 0.717) is 29.1 Å². The van der Waals surface area contributed by atoms with Gasteiger partial charge in [0.15, 0.2) is 0 Å². The summed E-state index contributed by atoms with van der Waals surface area (Å²) in [6, 6.07) is 7.08. The number of carbonyl (C=O) groups is 1. The van der Waals surface area contributed by atoms with E-state index in [0.717, 1.165) is 0 Å². The summed E-state index contributed by atoms with van der Waals surface area (Å²) in [4.78, 5) is 11.8. The summed E-state index contributed by atoms with van der Waals surface area (Å²) in [6.07, 6.45) is 3.65. The minimum atomic E-state index is -0.281. The molecule has 0 fully saturated rings. The zero-order valence-corrected chi connectivity index (χ0v) is 12.6. The highest BCUT2D eigenvalue weighted by atomic mass is 16.5. The molecular formula is C16H23N3O2. The summed E-state index contributed by atoms with van der Waals surface area (Å²) in [5.41, 5.74) is 7.49. The average Bonchev–Trinajstić information content (AvgIpc) is 2.81. The lowest BCUT2D eigenvalue weighted by Crippen LogP contribution is -2.12. The van der Waals surface area contributed by atoms with Gasteiger partial charge >= 0.3 is 0 Å². The fourth-order valence-corrected chi connectivity index (χ4v) is 1.78. The standard InChI is InChI=1S/C14H15N3O2.C2H6.H2/c1-19-11-4-2-3-10(8-11)17-13(18)7-9-5-6-12(15)14(9)16;1-2;/h2-4,6-8,16H,5,15H2,1H3,(H,17,18);1-2H3;1H/b9-7-,16-14?;;. The van der Waals surface area contributed by atoms with E-state index < -0.39 is 0 Å². The molecule has 1 aliphatic rings. The van der Waals surface area contributed by atoms with Gasteiger partial charge < -0.3 is 15.8 Å². The van der Waals surface area contributed by atoms with Crippen LogP contribution in [0.15, 0.2) is 47.7 Å². The molecule has 4 N–H and O–H groups in total. The number of amides is 1. The summed E-state index contributed by atoms with van der Waals surface area (Å²) < 4.78 is 5.08. The highest BCUT2D eigenvalue weighted by Gasteiger charge is 2.15. The molecule has 0 heterocycles. The van der Waals surface area contributed by atoms with Crippen LogP contribution in [0.4, 0.5) is 5.69 Å². The molecule has 0 aliphatic heterocycles. The molecule has 2 rings (SSSR count). The summed E-state index contributed by atoms with van der Waals surface area (Å²) in [5.74, 6) is 0.390. The fourth-order valence-electron chi connectivity index (χ4n) is 1.78. The number of benzene rings is 1. The average molecular weight is 289 g/mol. The van der Waals surface area contributed by atoms with Gasteiger partial charge in [0.1, 0.15) is 5.75 Å². The molecule has 5 heteroatoms. The van der Waals surface area contributed by atoms with Gasteiger partial charge in [0.2, 0.25) is 5.91 Å². The molecule has 1 amide bonds. The van der Waals surface area contributed by atoms with Gasteiger partial charge in [-0.05, 0) is 24.1 Å². The van der Waals surface area contributed by atoms with Crippen LogP contribution >= 0.6 is 0 Å². The molecule has 0 unspecified atom stereocenters. The number of ether oxygens (including phenoxy) is 1. The third kappa shape index (κ3) is 4.49. The van der Waals surface area contributed by atoms with Crippen molar-refractivity contribution in [1.29, 1.82) is 5.41 Å². The van der Waals surface area contributed by atoms with Gasteiger partial charge in [0, 0.05) is 19.3 Å². The molecule has 0 spiro atoms. The second kappa shape index (κ2) is 7.89. The first-order valence-electron chi connectivity index (χ1n) is 6.80. The lowest BCUT2D eigenvalue weighted by atomic mass is 10.1. The Kier molecular flexibility index (Phi) is 6.20. The van der Waals surface area contributed by atoms with Gasteiger partial charge in [0.05, 0.1) is 18.5 Å². The van der Waals surface area contributed by atoms with Crippen molar-refractivity contribution in [3.8, 4) is 5.75 Å². The van der Waals surface area contributed by atoms with Crippen LogP contribution < -0.4 is 15.8 Å². The first kappa shape index (κ1) is 16.5. The third-order valence-corrected chi connectivity index (χ3v) is 2.79. The molecule has 1 aromatic rings. The van der Waals surface area contributed by atoms with Crippen molar-refractivity contribution in [2.45, 2.75) is 20.3 Å². The lowest BCUT2D eigenvalue weighted by molar-refractivity contribution is -0.111. The first-order chi connectivity index (χ1) is 10.1. The predicted octanol–water partition coefficient (Wildman–Crippen LogP) is 3.10. The van der Waals surface area contributed by atoms with E-state index in [1.54, 1.807) is 37.5 Å². The van der Waals surface area contributed by atoms with Crippen LogP contribution in [-0.4, -0.2) is 18.7 Å². The number of allylic oxidation sites excluding steroid dienone is 2. The van der Waals surface area contributed by atoms with Crippen LogP contribution in [0.2, 0.25) is 0 Å². The molecule has 0 bridgehead atoms. The van der Waals surface area contributed by atoms with E-state index in [1.807, 2.05) is 13.8 Å². The first-order valence-corrected chi connectivity index (χ1v) is 6.80. The molecule has 1 aromatic carbocycles. The number of hydrogen-bond donors (Lipinski definition) is 3. The molecule has 21 heavy (non-hydrogen) atoms. The second-order valence-electron chi connectivity index (χ2n) is 4.13. The molecule has 0 saturated carbocycles. The third-order valence-electron chi connectivity index (χ3n) is 2.79. The Labute approximate surface area is 126 Å². The largest absolute Gasteiger partial charge is 0.497 e. The highest BCUT2D eigenvalue weighted by Crippen LogP contribution is 2.19. The van der Waals surface area contributed by atoms with Crippen LogP contribution in [-0.2, 0) is 4.79 Å². The molecular weight excluding hydrogens is 266 g/mol. The number of methoxy groups -OCH3 is 1. The van der Waals surface area contributed by atoms with Crippen molar-refractivity contribution < 1.29 is 11.0 Å². The number of nitrogens with one attached hydrogen (secondary N) is 2. The Balaban J connectivity index is 0.00000141. The molecule has 0 aromatic heterocycles. The number of nitrogens with two attached hydrogens (primary N) is 1. The second-order valence-corrected chi connectivity index (χ2v) is 4.13. The fraction of sp³-hybridized carbons (Fsp3) is 0.250. The van der Waals surface area contributed by atoms with Crippen molar-refractivity contribution in [3.63, 3.8) is 0 Å². The number of carbonyl (C=O) groups excluding carboxylic acids is 1. The molecule has 0 radical (unpaired) electrons. The van der Waals surface area contributed by atoms with Gasteiger partial charge in [-0.1, -0.05) is 26.0 Å². The SMILES string of the molecule is CC.COc1cccc(NC(=O)/C=C2/CC=C(N)C2=N)c1.[HH]. The topological polar surface area (TPSA) is 88.2 Å². The molecule has 1 aliphatic carbocycles. The van der Waals surface area contributed by atoms with Gasteiger partial charge in [-0.25, -0.2) is 0 Å². The minimum absolute atomic E-state index is 0. The summed E-state index contributed by atoms with van der Waals surface area (Å²) >= 11 is 0. The number of anilines is 1. The van der Waals surface area contributed by atoms with Gasteiger partial charge in [-0.15, -0.1) is 0 Å². The molecule has 114 valence electrons. The summed E-state index contributed by atoms with van der Waals surface area (Å²) in [5, 5.41) is 10.4. The monoisotopic (exact) mass is 289 g/mol. The predicted molar refractivity (Wildman–Crippen MR) is 87.8 cm³/mol. The van der Waals surface area contributed by atoms with E-state index in [4.69, 9.17) is 15.9 Å². The number of rotatable bonds is 3. The summed E-state index contributed by atoms with van der Waals surface area (Å²) in [7, 11) is 1.57. The van der Waals surface area contributed by atoms with E-state index in [2.05, 4.69) is 5.32 Å². The molecule has 0 saturated heterocycles. The van der Waals surface area contributed by atoms with Gasteiger partial charge in [-0.3, -0.25) is 10.2 Å². The van der Waals surface area contributed by atoms with Crippen LogP contribution in [0, 0.1) is 5.41 Å². The Hall–Kier alpha value is -2.56. The zero-order valence-electron chi connectivity index (χ0n) is 12.6. The summed E-state index contributed by atoms with van der Waals surface area (Å²) in [6.45, 7) is 4.00. The maximum atomic E-state index is 11.8. The van der Waals surface area contributed by atoms with Crippen molar-refractivity contribution in [2.24, 2.45) is 5.73 Å². The maximum Gasteiger partial charge on any atom is 0.248 e. The Morgan fingerprint density at radius 3 is 2.76 bits per heavy atom. The zero-order chi connectivity index (χ0) is 15.8. The smallest absolute Gasteiger partial charge is 0.248 e. The van der Waals surface area contributed by atoms with Crippen molar-refractivity contribution >= 4 is 17.3 Å². The maximum absolute atomic E-state index is 11.8. The van der Waals surface area contributed by atoms with Crippen molar-refractivity contribution in [3.05, 3.63) is 47.7 Å². The molecule has 5 nitrogen and oxygen atoms in total. The van der Waals surface area contributed by atoms with E-state index >= 15 is 0 Å². The Morgan fingerprint density at radius 1 is 1.48 bits per heavy atom. The minimum Gasteiger partial charge on any atom is -0.497 e. The van der Waals surface area contributed by atoms with Gasteiger partial charge in [-0.2, -0.15) is 0 Å². The van der Waals surface area contributed by atoms with Crippen molar-refractivity contribution in [2.75, 3.05) is 12.4 Å². The van der Waals surface area contributed by atoms with Crippen LogP contribution in [0.5, 0.6) is 5.75 Å². The normalized spacial score (nSPS) is 15.1. The molecule has 0 atom stereocenters. The lowest BCUT2D eigenvalue weighted by Gasteiger charge is -2.05. The van der Waals surface area contributed by atoms with Crippen LogP contribution in [0.1, 0.15) is 21.7 Å². The van der Waals surface area contributed by atoms with Crippen LogP contribution in [0.3, 0.4) is 0 Å². The quantitative estimate of drug-likeness (QED) is 0.747. The van der Waals surface area contributed by atoms with E-state index in [-0.39, 0.29) is 13.0 Å². The van der Waals surface area contributed by atoms with E-state index in [1.165, 1.54) is 6.08 Å².